The topological polar surface area (TPSA) is 18.0 Å². The second kappa shape index (κ2) is 12.1. The molecule has 0 N–H and O–H groups in total. The van der Waals surface area contributed by atoms with Gasteiger partial charge in [-0.2, -0.15) is 0 Å². The molecule has 0 aliphatic heterocycles. The number of para-hydroxylation sites is 2. The number of ether oxygens (including phenoxy) is 1. The fourth-order valence-corrected chi connectivity index (χ4v) is 3.38. The van der Waals surface area contributed by atoms with E-state index in [1.165, 1.54) is 75.2 Å². The van der Waals surface area contributed by atoms with Crippen molar-refractivity contribution in [2.45, 2.75) is 91.3 Å². The number of fused-ring (bicyclic) bond motifs is 1. The van der Waals surface area contributed by atoms with E-state index in [4.69, 9.17) is 4.74 Å². The van der Waals surface area contributed by atoms with Gasteiger partial charge in [0.2, 0.25) is 6.33 Å². The summed E-state index contributed by atoms with van der Waals surface area (Å²) in [5, 5.41) is 0. The first-order valence-corrected chi connectivity index (χ1v) is 10.4. The molecule has 3 heteroatoms. The van der Waals surface area contributed by atoms with Crippen LogP contribution >= 0.6 is 0 Å². The number of hydrogen-bond donors (Lipinski definition) is 0. The number of aryl methyl sites for hydroxylation is 1. The van der Waals surface area contributed by atoms with Crippen LogP contribution in [0.2, 0.25) is 0 Å². The van der Waals surface area contributed by atoms with Crippen molar-refractivity contribution in [3.05, 3.63) is 30.6 Å². The molecule has 2 rings (SSSR count). The molecule has 0 radical (unpaired) electrons. The molecule has 0 fully saturated rings. The van der Waals surface area contributed by atoms with E-state index in [1.807, 2.05) is 0 Å². The Labute approximate surface area is 154 Å². The molecule has 0 saturated heterocycles. The number of unbranched alkanes of at least 4 members (excludes halogenated alkanes) is 8. The molecule has 0 unspecified atom stereocenters. The van der Waals surface area contributed by atoms with Gasteiger partial charge >= 0.3 is 0 Å². The van der Waals surface area contributed by atoms with Crippen LogP contribution in [0.4, 0.5) is 0 Å². The molecule has 0 spiro atoms. The molecule has 0 atom stereocenters. The van der Waals surface area contributed by atoms with Crippen LogP contribution in [0.15, 0.2) is 30.6 Å². The van der Waals surface area contributed by atoms with E-state index in [2.05, 4.69) is 53.6 Å². The molecule has 0 aliphatic carbocycles. The molecule has 1 aromatic carbocycles. The lowest BCUT2D eigenvalue weighted by Crippen LogP contribution is -2.34. The van der Waals surface area contributed by atoms with Crippen LogP contribution in [0.25, 0.3) is 11.0 Å². The first-order chi connectivity index (χ1) is 12.4. The zero-order valence-corrected chi connectivity index (χ0v) is 16.4. The summed E-state index contributed by atoms with van der Waals surface area (Å²) in [7, 11) is 0. The standard InChI is InChI=1S/C22H37N2O/c1-3-5-7-9-10-14-18-25-20-24-19-23(17-13-8-6-4-2)21-15-11-12-16-22(21)24/h11-12,15-16,19H,3-10,13-14,17-18,20H2,1-2H3/q+1. The Morgan fingerprint density at radius 1 is 0.840 bits per heavy atom. The van der Waals surface area contributed by atoms with Crippen LogP contribution in [0.1, 0.15) is 78.1 Å². The van der Waals surface area contributed by atoms with E-state index in [0.717, 1.165) is 13.2 Å². The SMILES string of the molecule is CCCCCCCCOC[n+]1cn(CCCCCC)c2ccccc21. The summed E-state index contributed by atoms with van der Waals surface area (Å²) in [6, 6.07) is 8.67. The fourth-order valence-electron chi connectivity index (χ4n) is 3.38. The molecule has 25 heavy (non-hydrogen) atoms. The van der Waals surface area contributed by atoms with Crippen LogP contribution in [0, 0.1) is 0 Å². The summed E-state index contributed by atoms with van der Waals surface area (Å²) in [5.41, 5.74) is 2.60. The quantitative estimate of drug-likeness (QED) is 0.310. The predicted octanol–water partition coefficient (Wildman–Crippen LogP) is 5.84. The average Bonchev–Trinajstić information content (AvgIpc) is 2.99. The zero-order valence-electron chi connectivity index (χ0n) is 16.4. The molecule has 0 amide bonds. The second-order valence-electron chi connectivity index (χ2n) is 7.13. The Morgan fingerprint density at radius 2 is 1.52 bits per heavy atom. The zero-order chi connectivity index (χ0) is 17.7. The minimum absolute atomic E-state index is 0.664. The van der Waals surface area contributed by atoms with Crippen molar-refractivity contribution in [1.29, 1.82) is 0 Å². The van der Waals surface area contributed by atoms with Crippen molar-refractivity contribution in [1.82, 2.24) is 4.57 Å². The van der Waals surface area contributed by atoms with Gasteiger partial charge in [-0.25, -0.2) is 9.13 Å². The maximum Gasteiger partial charge on any atom is 0.246 e. The minimum Gasteiger partial charge on any atom is -0.342 e. The molecule has 1 aromatic heterocycles. The van der Waals surface area contributed by atoms with Crippen molar-refractivity contribution >= 4 is 11.0 Å². The van der Waals surface area contributed by atoms with E-state index in [-0.39, 0.29) is 0 Å². The van der Waals surface area contributed by atoms with Crippen LogP contribution in [0.5, 0.6) is 0 Å². The Hall–Kier alpha value is -1.35. The van der Waals surface area contributed by atoms with E-state index in [9.17, 15) is 0 Å². The first-order valence-electron chi connectivity index (χ1n) is 10.4. The van der Waals surface area contributed by atoms with Gasteiger partial charge in [0, 0.05) is 0 Å². The summed E-state index contributed by atoms with van der Waals surface area (Å²) in [4.78, 5) is 0. The lowest BCUT2D eigenvalue weighted by molar-refractivity contribution is -0.710. The number of imidazole rings is 1. The van der Waals surface area contributed by atoms with Gasteiger partial charge in [0.25, 0.3) is 0 Å². The van der Waals surface area contributed by atoms with E-state index in [1.54, 1.807) is 0 Å². The average molecular weight is 346 g/mol. The highest BCUT2D eigenvalue weighted by molar-refractivity contribution is 5.71. The van der Waals surface area contributed by atoms with Gasteiger partial charge < -0.3 is 4.74 Å². The van der Waals surface area contributed by atoms with Crippen molar-refractivity contribution in [3.63, 3.8) is 0 Å². The summed E-state index contributed by atoms with van der Waals surface area (Å²) in [5.74, 6) is 0. The van der Waals surface area contributed by atoms with Gasteiger partial charge in [-0.15, -0.1) is 0 Å². The Balaban J connectivity index is 1.79. The van der Waals surface area contributed by atoms with Crippen molar-refractivity contribution < 1.29 is 9.30 Å². The summed E-state index contributed by atoms with van der Waals surface area (Å²) >= 11 is 0. The van der Waals surface area contributed by atoms with E-state index < -0.39 is 0 Å². The van der Waals surface area contributed by atoms with Crippen LogP contribution in [0.3, 0.4) is 0 Å². The van der Waals surface area contributed by atoms with Crippen LogP contribution < -0.4 is 4.57 Å². The first kappa shape index (κ1) is 20.0. The van der Waals surface area contributed by atoms with Crippen LogP contribution in [-0.2, 0) is 18.0 Å². The van der Waals surface area contributed by atoms with Gasteiger partial charge in [0.05, 0.1) is 13.2 Å². The highest BCUT2D eigenvalue weighted by Gasteiger charge is 2.14. The predicted molar refractivity (Wildman–Crippen MR) is 106 cm³/mol. The van der Waals surface area contributed by atoms with Crippen molar-refractivity contribution in [2.24, 2.45) is 0 Å². The molecule has 0 bridgehead atoms. The number of rotatable bonds is 14. The lowest BCUT2D eigenvalue weighted by atomic mass is 10.1. The number of nitrogens with zero attached hydrogens (tertiary/aromatic N) is 2. The van der Waals surface area contributed by atoms with Gasteiger partial charge in [-0.3, -0.25) is 0 Å². The maximum atomic E-state index is 5.94. The highest BCUT2D eigenvalue weighted by Crippen LogP contribution is 2.13. The third kappa shape index (κ3) is 6.81. The van der Waals surface area contributed by atoms with Crippen molar-refractivity contribution in [2.75, 3.05) is 6.61 Å². The largest absolute Gasteiger partial charge is 0.342 e. The lowest BCUT2D eigenvalue weighted by Gasteiger charge is -2.02. The Kier molecular flexibility index (Phi) is 9.65. The molecular weight excluding hydrogens is 308 g/mol. The number of hydrogen-bond acceptors (Lipinski definition) is 1. The molecule has 0 saturated carbocycles. The molecule has 0 aliphatic rings. The number of benzene rings is 1. The molecule has 140 valence electrons. The molecule has 3 nitrogen and oxygen atoms in total. The Bertz CT molecular complexity index is 591. The van der Waals surface area contributed by atoms with Gasteiger partial charge in [-0.1, -0.05) is 70.9 Å². The fraction of sp³-hybridized carbons (Fsp3) is 0.682. The van der Waals surface area contributed by atoms with E-state index in [0.29, 0.717) is 6.73 Å². The van der Waals surface area contributed by atoms with Crippen LogP contribution in [-0.4, -0.2) is 11.2 Å². The normalized spacial score (nSPS) is 11.4. The third-order valence-electron chi connectivity index (χ3n) is 4.90. The summed E-state index contributed by atoms with van der Waals surface area (Å²) < 4.78 is 10.6. The molecular formula is C22H37N2O+. The smallest absolute Gasteiger partial charge is 0.246 e. The minimum atomic E-state index is 0.664. The summed E-state index contributed by atoms with van der Waals surface area (Å²) in [6.07, 6.45) is 15.3. The van der Waals surface area contributed by atoms with Gasteiger partial charge in [-0.05, 0) is 31.4 Å². The van der Waals surface area contributed by atoms with Gasteiger partial charge in [0.15, 0.2) is 17.8 Å². The second-order valence-corrected chi connectivity index (χ2v) is 7.13. The monoisotopic (exact) mass is 345 g/mol. The number of aromatic nitrogens is 2. The molecule has 2 aromatic rings. The van der Waals surface area contributed by atoms with Gasteiger partial charge in [0.1, 0.15) is 0 Å². The third-order valence-corrected chi connectivity index (χ3v) is 4.90. The maximum absolute atomic E-state index is 5.94. The van der Waals surface area contributed by atoms with E-state index >= 15 is 0 Å². The molecule has 1 heterocycles. The highest BCUT2D eigenvalue weighted by atomic mass is 16.5. The summed E-state index contributed by atoms with van der Waals surface area (Å²) in [6.45, 7) is 7.16. The Morgan fingerprint density at radius 3 is 2.32 bits per heavy atom. The van der Waals surface area contributed by atoms with Crippen molar-refractivity contribution in [3.8, 4) is 0 Å².